The largest absolute Gasteiger partial charge is 0.350 e. The number of thiazole rings is 1. The molecule has 2 aromatic heterocycles. The molecule has 3 aromatic rings. The molecule has 6 nitrogen and oxygen atoms in total. The summed E-state index contributed by atoms with van der Waals surface area (Å²) in [5, 5.41) is 8.28. The summed E-state index contributed by atoms with van der Waals surface area (Å²) in [7, 11) is 0. The molecule has 0 saturated carbocycles. The van der Waals surface area contributed by atoms with Gasteiger partial charge in [-0.15, -0.1) is 11.3 Å². The van der Waals surface area contributed by atoms with Crippen molar-refractivity contribution in [1.82, 2.24) is 15.3 Å². The molecule has 132 valence electrons. The molecule has 3 rings (SSSR count). The fourth-order valence-electron chi connectivity index (χ4n) is 2.37. The van der Waals surface area contributed by atoms with Crippen LogP contribution in [0.15, 0.2) is 54.0 Å². The number of rotatable bonds is 6. The van der Waals surface area contributed by atoms with Crippen molar-refractivity contribution in [2.24, 2.45) is 0 Å². The van der Waals surface area contributed by atoms with Gasteiger partial charge in [0.15, 0.2) is 0 Å². The maximum atomic E-state index is 12.1. The third kappa shape index (κ3) is 4.97. The number of carbonyl (C=O) groups excluding carboxylic acids is 2. The van der Waals surface area contributed by atoms with Gasteiger partial charge in [-0.3, -0.25) is 14.6 Å². The summed E-state index contributed by atoms with van der Waals surface area (Å²) in [6, 6.07) is 13.1. The molecule has 0 aliphatic heterocycles. The van der Waals surface area contributed by atoms with Crippen LogP contribution in [0.25, 0.3) is 10.6 Å². The molecule has 2 heterocycles. The van der Waals surface area contributed by atoms with Gasteiger partial charge >= 0.3 is 0 Å². The Labute approximate surface area is 155 Å². The third-order valence-electron chi connectivity index (χ3n) is 3.52. The topological polar surface area (TPSA) is 84.0 Å². The van der Waals surface area contributed by atoms with Crippen molar-refractivity contribution in [2.45, 2.75) is 19.9 Å². The zero-order valence-electron chi connectivity index (χ0n) is 14.2. The van der Waals surface area contributed by atoms with Crippen molar-refractivity contribution in [2.75, 3.05) is 5.32 Å². The lowest BCUT2D eigenvalue weighted by Gasteiger charge is -2.04. The van der Waals surface area contributed by atoms with E-state index in [1.807, 2.05) is 47.8 Å². The third-order valence-corrected chi connectivity index (χ3v) is 4.46. The molecule has 0 spiro atoms. The molecule has 1 aromatic carbocycles. The van der Waals surface area contributed by atoms with Crippen molar-refractivity contribution in [3.05, 3.63) is 65.4 Å². The highest BCUT2D eigenvalue weighted by molar-refractivity contribution is 7.13. The van der Waals surface area contributed by atoms with Gasteiger partial charge in [-0.1, -0.05) is 18.2 Å². The van der Waals surface area contributed by atoms with E-state index in [4.69, 9.17) is 0 Å². The number of pyridine rings is 1. The van der Waals surface area contributed by atoms with Gasteiger partial charge in [-0.25, -0.2) is 4.98 Å². The van der Waals surface area contributed by atoms with E-state index in [2.05, 4.69) is 20.6 Å². The summed E-state index contributed by atoms with van der Waals surface area (Å²) >= 11 is 1.47. The Kier molecular flexibility index (Phi) is 5.70. The molecule has 0 bridgehead atoms. The van der Waals surface area contributed by atoms with Crippen LogP contribution in [-0.2, 0) is 22.6 Å². The second-order valence-electron chi connectivity index (χ2n) is 5.68. The zero-order chi connectivity index (χ0) is 18.4. The molecular weight excluding hydrogens is 348 g/mol. The highest BCUT2D eigenvalue weighted by Gasteiger charge is 2.10. The molecular formula is C19H18N4O2S. The number of amides is 2. The first-order valence-corrected chi connectivity index (χ1v) is 8.97. The van der Waals surface area contributed by atoms with Gasteiger partial charge in [-0.2, -0.15) is 0 Å². The number of nitrogens with zero attached hydrogens (tertiary/aromatic N) is 2. The predicted octanol–water partition coefficient (Wildman–Crippen LogP) is 3.02. The Morgan fingerprint density at radius 2 is 2.00 bits per heavy atom. The monoisotopic (exact) mass is 366 g/mol. The summed E-state index contributed by atoms with van der Waals surface area (Å²) in [4.78, 5) is 32.0. The maximum absolute atomic E-state index is 12.1. The molecule has 0 fully saturated rings. The highest BCUT2D eigenvalue weighted by Crippen LogP contribution is 2.26. The quantitative estimate of drug-likeness (QED) is 0.702. The Bertz CT molecular complexity index is 909. The van der Waals surface area contributed by atoms with Gasteiger partial charge in [-0.05, 0) is 24.3 Å². The lowest BCUT2D eigenvalue weighted by atomic mass is 10.2. The average molecular weight is 366 g/mol. The van der Waals surface area contributed by atoms with Crippen LogP contribution in [-0.4, -0.2) is 21.8 Å². The van der Waals surface area contributed by atoms with Crippen LogP contribution < -0.4 is 10.6 Å². The molecule has 2 amide bonds. The smallest absolute Gasteiger partial charge is 0.226 e. The van der Waals surface area contributed by atoms with E-state index >= 15 is 0 Å². The molecule has 0 unspecified atom stereocenters. The lowest BCUT2D eigenvalue weighted by molar-refractivity contribution is -0.120. The van der Waals surface area contributed by atoms with Gasteiger partial charge in [0.25, 0.3) is 0 Å². The summed E-state index contributed by atoms with van der Waals surface area (Å²) in [5.41, 5.74) is 3.16. The number of carbonyl (C=O) groups is 2. The number of benzene rings is 1. The molecule has 7 heteroatoms. The number of hydrogen-bond acceptors (Lipinski definition) is 5. The van der Waals surface area contributed by atoms with Crippen LogP contribution in [0.4, 0.5) is 5.69 Å². The van der Waals surface area contributed by atoms with E-state index in [0.717, 1.165) is 22.0 Å². The first-order chi connectivity index (χ1) is 12.6. The number of aromatic nitrogens is 2. The summed E-state index contributed by atoms with van der Waals surface area (Å²) < 4.78 is 0. The minimum atomic E-state index is -0.119. The Morgan fingerprint density at radius 3 is 2.77 bits per heavy atom. The van der Waals surface area contributed by atoms with E-state index in [1.165, 1.54) is 18.3 Å². The fourth-order valence-corrected chi connectivity index (χ4v) is 3.19. The molecule has 0 aliphatic carbocycles. The lowest BCUT2D eigenvalue weighted by Crippen LogP contribution is -2.25. The van der Waals surface area contributed by atoms with Gasteiger partial charge in [0.05, 0.1) is 24.4 Å². The van der Waals surface area contributed by atoms with E-state index in [9.17, 15) is 9.59 Å². The number of hydrogen-bond donors (Lipinski definition) is 2. The minimum absolute atomic E-state index is 0.0977. The fraction of sp³-hybridized carbons (Fsp3) is 0.158. The van der Waals surface area contributed by atoms with Gasteiger partial charge in [0.1, 0.15) is 5.01 Å². The van der Waals surface area contributed by atoms with Crippen LogP contribution >= 0.6 is 11.3 Å². The SMILES string of the molecule is CC(=O)Nc1cccc(-c2nc(CC(=O)NCc3ccccn3)cs2)c1. The molecule has 0 saturated heterocycles. The summed E-state index contributed by atoms with van der Waals surface area (Å²) in [5.74, 6) is -0.217. The van der Waals surface area contributed by atoms with Crippen LogP contribution in [0.2, 0.25) is 0 Å². The predicted molar refractivity (Wildman–Crippen MR) is 102 cm³/mol. The van der Waals surface area contributed by atoms with Gasteiger partial charge in [0.2, 0.25) is 11.8 Å². The molecule has 0 atom stereocenters. The Balaban J connectivity index is 1.61. The molecule has 0 radical (unpaired) electrons. The minimum Gasteiger partial charge on any atom is -0.350 e. The van der Waals surface area contributed by atoms with Crippen LogP contribution in [0.1, 0.15) is 18.3 Å². The van der Waals surface area contributed by atoms with Gasteiger partial charge in [0, 0.05) is 29.8 Å². The average Bonchev–Trinajstić information content (AvgIpc) is 3.09. The zero-order valence-corrected chi connectivity index (χ0v) is 15.0. The first-order valence-electron chi connectivity index (χ1n) is 8.09. The van der Waals surface area contributed by atoms with Crippen molar-refractivity contribution in [3.63, 3.8) is 0 Å². The second-order valence-corrected chi connectivity index (χ2v) is 6.54. The summed E-state index contributed by atoms with van der Waals surface area (Å²) in [6.45, 7) is 1.87. The standard InChI is InChI=1S/C19H18N4O2S/c1-13(24)22-15-7-4-5-14(9-15)19-23-17(12-26-19)10-18(25)21-11-16-6-2-3-8-20-16/h2-9,12H,10-11H2,1H3,(H,21,25)(H,22,24). The normalized spacial score (nSPS) is 10.3. The van der Waals surface area contributed by atoms with E-state index in [-0.39, 0.29) is 18.2 Å². The second kappa shape index (κ2) is 8.35. The number of anilines is 1. The van der Waals surface area contributed by atoms with Crippen LogP contribution in [0.5, 0.6) is 0 Å². The Hall–Kier alpha value is -3.06. The van der Waals surface area contributed by atoms with Crippen molar-refractivity contribution < 1.29 is 9.59 Å². The molecule has 0 aliphatic rings. The maximum Gasteiger partial charge on any atom is 0.226 e. The van der Waals surface area contributed by atoms with Crippen molar-refractivity contribution in [3.8, 4) is 10.6 Å². The first kappa shape index (κ1) is 17.8. The van der Waals surface area contributed by atoms with Crippen molar-refractivity contribution in [1.29, 1.82) is 0 Å². The molecule has 26 heavy (non-hydrogen) atoms. The Morgan fingerprint density at radius 1 is 1.12 bits per heavy atom. The van der Waals surface area contributed by atoms with E-state index in [0.29, 0.717) is 12.2 Å². The molecule has 2 N–H and O–H groups in total. The van der Waals surface area contributed by atoms with E-state index < -0.39 is 0 Å². The number of nitrogens with one attached hydrogen (secondary N) is 2. The van der Waals surface area contributed by atoms with Crippen LogP contribution in [0.3, 0.4) is 0 Å². The summed E-state index contributed by atoms with van der Waals surface area (Å²) in [6.07, 6.45) is 1.91. The van der Waals surface area contributed by atoms with Crippen LogP contribution in [0, 0.1) is 0 Å². The highest BCUT2D eigenvalue weighted by atomic mass is 32.1. The van der Waals surface area contributed by atoms with Gasteiger partial charge < -0.3 is 10.6 Å². The van der Waals surface area contributed by atoms with Crippen molar-refractivity contribution >= 4 is 28.8 Å². The van der Waals surface area contributed by atoms with E-state index in [1.54, 1.807) is 6.20 Å².